The highest BCUT2D eigenvalue weighted by Gasteiger charge is 2.36. The smallest absolute Gasteiger partial charge is 0.415 e. The standard InChI is InChI=1S/C17H18FN3O5S/c1-10(22)20-27(25)6-4-11(5-7-27)13-3-2-12(8-14(13)18)21-9-15(16(19)23)26-17(21)24/h2-4,8,15H,5-7,9H2,1H3,(H2,19,23)/t15-,27?/m1/s1. The van der Waals surface area contributed by atoms with Crippen LogP contribution < -0.4 is 10.6 Å². The molecule has 0 bridgehead atoms. The number of hydrogen-bond donors (Lipinski definition) is 1. The molecule has 0 spiro atoms. The SMILES string of the molecule is CC(=O)N=S1(=O)CC=C(c2ccc(N3C[C@H](C(N)=O)OC3=O)cc2F)CC1. The van der Waals surface area contributed by atoms with E-state index in [1.54, 1.807) is 6.08 Å². The van der Waals surface area contributed by atoms with Gasteiger partial charge in [-0.2, -0.15) is 4.36 Å². The van der Waals surface area contributed by atoms with Crippen molar-refractivity contribution in [3.05, 3.63) is 35.7 Å². The Balaban J connectivity index is 1.83. The third-order valence-corrected chi connectivity index (χ3v) is 6.43. The number of nitrogens with zero attached hydrogens (tertiary/aromatic N) is 2. The summed E-state index contributed by atoms with van der Waals surface area (Å²) in [5.41, 5.74) is 6.36. The normalized spacial score (nSPS) is 25.0. The molecule has 1 aromatic rings. The van der Waals surface area contributed by atoms with Gasteiger partial charge < -0.3 is 10.5 Å². The van der Waals surface area contributed by atoms with Crippen LogP contribution in [0, 0.1) is 5.82 Å². The van der Waals surface area contributed by atoms with Gasteiger partial charge >= 0.3 is 6.09 Å². The fourth-order valence-corrected chi connectivity index (χ4v) is 4.80. The lowest BCUT2D eigenvalue weighted by Gasteiger charge is -2.19. The summed E-state index contributed by atoms with van der Waals surface area (Å²) in [5.74, 6) is -1.56. The zero-order valence-corrected chi connectivity index (χ0v) is 15.3. The van der Waals surface area contributed by atoms with Crippen molar-refractivity contribution in [1.29, 1.82) is 0 Å². The van der Waals surface area contributed by atoms with E-state index in [-0.39, 0.29) is 23.7 Å². The topological polar surface area (TPSA) is 119 Å². The lowest BCUT2D eigenvalue weighted by atomic mass is 10.0. The molecule has 2 N–H and O–H groups in total. The summed E-state index contributed by atoms with van der Waals surface area (Å²) >= 11 is 0. The third-order valence-electron chi connectivity index (χ3n) is 4.31. The molecule has 0 aliphatic carbocycles. The van der Waals surface area contributed by atoms with Gasteiger partial charge in [0.25, 0.3) is 11.8 Å². The van der Waals surface area contributed by atoms with E-state index in [1.807, 2.05) is 0 Å². The number of primary amides is 1. The fourth-order valence-electron chi connectivity index (χ4n) is 3.00. The molecule has 10 heteroatoms. The van der Waals surface area contributed by atoms with E-state index in [0.717, 1.165) is 4.90 Å². The number of amides is 3. The van der Waals surface area contributed by atoms with Crippen molar-refractivity contribution >= 4 is 38.9 Å². The van der Waals surface area contributed by atoms with Crippen molar-refractivity contribution in [2.75, 3.05) is 23.0 Å². The second-order valence-corrected chi connectivity index (χ2v) is 8.75. The minimum absolute atomic E-state index is 0.0791. The molecule has 0 radical (unpaired) electrons. The van der Waals surface area contributed by atoms with E-state index < -0.39 is 39.6 Å². The first-order valence-corrected chi connectivity index (χ1v) is 10.0. The van der Waals surface area contributed by atoms with Crippen LogP contribution in [0.1, 0.15) is 18.9 Å². The average molecular weight is 395 g/mol. The Morgan fingerprint density at radius 3 is 2.67 bits per heavy atom. The molecule has 27 heavy (non-hydrogen) atoms. The molecule has 1 aromatic carbocycles. The number of carbonyl (C=O) groups excluding carboxylic acids is 3. The van der Waals surface area contributed by atoms with Crippen molar-refractivity contribution in [3.8, 4) is 0 Å². The maximum atomic E-state index is 14.6. The van der Waals surface area contributed by atoms with Crippen LogP contribution in [0.2, 0.25) is 0 Å². The van der Waals surface area contributed by atoms with Crippen LogP contribution in [0.4, 0.5) is 14.9 Å². The molecule has 144 valence electrons. The summed E-state index contributed by atoms with van der Waals surface area (Å²) in [6.07, 6.45) is 0.109. The second-order valence-electron chi connectivity index (χ2n) is 6.28. The number of anilines is 1. The highest BCUT2D eigenvalue weighted by atomic mass is 32.2. The Kier molecular flexibility index (Phi) is 5.01. The van der Waals surface area contributed by atoms with Crippen LogP contribution in [0.5, 0.6) is 0 Å². The van der Waals surface area contributed by atoms with Crippen molar-refractivity contribution in [3.63, 3.8) is 0 Å². The van der Waals surface area contributed by atoms with Gasteiger partial charge in [-0.05, 0) is 30.2 Å². The lowest BCUT2D eigenvalue weighted by molar-refractivity contribution is -0.124. The Hall–Kier alpha value is -2.75. The van der Waals surface area contributed by atoms with Crippen LogP contribution in [-0.2, 0) is 24.1 Å². The first kappa shape index (κ1) is 19.0. The molecule has 2 aliphatic rings. The number of rotatable bonds is 3. The molecule has 0 saturated carbocycles. The average Bonchev–Trinajstić information content (AvgIpc) is 2.97. The maximum absolute atomic E-state index is 14.6. The zero-order chi connectivity index (χ0) is 19.8. The minimum Gasteiger partial charge on any atom is -0.434 e. The number of carbonyl (C=O) groups is 3. The predicted octanol–water partition coefficient (Wildman–Crippen LogP) is 1.44. The summed E-state index contributed by atoms with van der Waals surface area (Å²) in [7, 11) is -2.62. The van der Waals surface area contributed by atoms with Gasteiger partial charge in [-0.1, -0.05) is 6.08 Å². The quantitative estimate of drug-likeness (QED) is 0.830. The van der Waals surface area contributed by atoms with Crippen LogP contribution in [0.3, 0.4) is 0 Å². The molecule has 0 aromatic heterocycles. The van der Waals surface area contributed by atoms with Gasteiger partial charge in [0.2, 0.25) is 0 Å². The molecule has 1 saturated heterocycles. The van der Waals surface area contributed by atoms with Gasteiger partial charge in [-0.25, -0.2) is 13.4 Å². The van der Waals surface area contributed by atoms with E-state index in [2.05, 4.69) is 4.36 Å². The van der Waals surface area contributed by atoms with Gasteiger partial charge in [0.05, 0.1) is 27.7 Å². The number of nitrogens with two attached hydrogens (primary N) is 1. The third kappa shape index (κ3) is 4.00. The Labute approximate surface area is 155 Å². The Morgan fingerprint density at radius 2 is 2.15 bits per heavy atom. The minimum atomic E-state index is -2.62. The first-order chi connectivity index (χ1) is 12.7. The number of ether oxygens (including phenoxy) is 1. The highest BCUT2D eigenvalue weighted by molar-refractivity contribution is 7.94. The van der Waals surface area contributed by atoms with Crippen LogP contribution >= 0.6 is 0 Å². The van der Waals surface area contributed by atoms with E-state index in [0.29, 0.717) is 17.6 Å². The summed E-state index contributed by atoms with van der Waals surface area (Å²) in [4.78, 5) is 35.2. The van der Waals surface area contributed by atoms with Gasteiger partial charge in [0.15, 0.2) is 6.10 Å². The van der Waals surface area contributed by atoms with Gasteiger partial charge in [0.1, 0.15) is 5.82 Å². The molecule has 2 aliphatic heterocycles. The van der Waals surface area contributed by atoms with Crippen LogP contribution in [0.25, 0.3) is 5.57 Å². The van der Waals surface area contributed by atoms with E-state index in [4.69, 9.17) is 10.5 Å². The van der Waals surface area contributed by atoms with Crippen molar-refractivity contribution in [2.45, 2.75) is 19.4 Å². The zero-order valence-electron chi connectivity index (χ0n) is 14.5. The molecular formula is C17H18FN3O5S. The van der Waals surface area contributed by atoms with Gasteiger partial charge in [-0.15, -0.1) is 0 Å². The predicted molar refractivity (Wildman–Crippen MR) is 96.8 cm³/mol. The monoisotopic (exact) mass is 395 g/mol. The molecule has 1 unspecified atom stereocenters. The summed E-state index contributed by atoms with van der Waals surface area (Å²) in [5, 5.41) is 0. The van der Waals surface area contributed by atoms with Crippen LogP contribution in [-0.4, -0.2) is 46.3 Å². The molecule has 1 fully saturated rings. The van der Waals surface area contributed by atoms with Crippen molar-refractivity contribution in [1.82, 2.24) is 0 Å². The summed E-state index contributed by atoms with van der Waals surface area (Å²) in [6, 6.07) is 4.22. The number of hydrogen-bond acceptors (Lipinski definition) is 5. The molecule has 2 atom stereocenters. The Bertz CT molecular complexity index is 981. The number of allylic oxidation sites excluding steroid dienone is 1. The second kappa shape index (κ2) is 7.10. The van der Waals surface area contributed by atoms with Crippen molar-refractivity contribution < 1.29 is 27.7 Å². The fraction of sp³-hybridized carbons (Fsp3) is 0.353. The molecule has 8 nitrogen and oxygen atoms in total. The number of halogens is 1. The van der Waals surface area contributed by atoms with Crippen LogP contribution in [0.15, 0.2) is 28.6 Å². The largest absolute Gasteiger partial charge is 0.434 e. The molecule has 2 heterocycles. The molecule has 3 amide bonds. The van der Waals surface area contributed by atoms with E-state index >= 15 is 0 Å². The lowest BCUT2D eigenvalue weighted by Crippen LogP contribution is -2.32. The summed E-state index contributed by atoms with van der Waals surface area (Å²) in [6.45, 7) is 1.17. The first-order valence-electron chi connectivity index (χ1n) is 8.18. The maximum Gasteiger partial charge on any atom is 0.415 e. The van der Waals surface area contributed by atoms with E-state index in [9.17, 15) is 23.0 Å². The van der Waals surface area contributed by atoms with E-state index in [1.165, 1.54) is 25.1 Å². The Morgan fingerprint density at radius 1 is 1.41 bits per heavy atom. The number of cyclic esters (lactones) is 1. The number of benzene rings is 1. The molecule has 3 rings (SSSR count). The highest BCUT2D eigenvalue weighted by Crippen LogP contribution is 2.30. The van der Waals surface area contributed by atoms with Crippen molar-refractivity contribution in [2.24, 2.45) is 10.1 Å². The molecular weight excluding hydrogens is 377 g/mol. The van der Waals surface area contributed by atoms with Gasteiger partial charge in [0, 0.05) is 18.2 Å². The van der Waals surface area contributed by atoms with Gasteiger partial charge in [-0.3, -0.25) is 14.5 Å². The summed E-state index contributed by atoms with van der Waals surface area (Å²) < 4.78 is 35.5.